The lowest BCUT2D eigenvalue weighted by molar-refractivity contribution is -0.146. The molecule has 49 heavy (non-hydrogen) atoms. The van der Waals surface area contributed by atoms with Gasteiger partial charge in [-0.05, 0) is 24.3 Å². The lowest BCUT2D eigenvalue weighted by atomic mass is 10.1. The number of hydrogen-bond acceptors (Lipinski definition) is 12. The summed E-state index contributed by atoms with van der Waals surface area (Å²) in [6, 6.07) is 7.65. The molecule has 0 radical (unpaired) electrons. The second-order valence-electron chi connectivity index (χ2n) is 11.1. The quantitative estimate of drug-likeness (QED) is 0.0562. The predicted octanol–water partition coefficient (Wildman–Crippen LogP) is 0.438. The van der Waals surface area contributed by atoms with Crippen molar-refractivity contribution >= 4 is 77.6 Å². The fraction of sp³-hybridized carbons (Fsp3) is 0.594. The molecule has 0 aliphatic rings. The van der Waals surface area contributed by atoms with E-state index in [0.29, 0.717) is 39.0 Å². The van der Waals surface area contributed by atoms with E-state index in [1.165, 1.54) is 14.2 Å². The smallest absolute Gasteiger partial charge is 0.328 e. The number of benzene rings is 1. The van der Waals surface area contributed by atoms with E-state index in [-0.39, 0.29) is 70.6 Å². The Morgan fingerprint density at radius 2 is 1.22 bits per heavy atom. The van der Waals surface area contributed by atoms with Crippen LogP contribution in [0, 0.1) is 5.92 Å². The van der Waals surface area contributed by atoms with Crippen LogP contribution < -0.4 is 21.3 Å². The van der Waals surface area contributed by atoms with E-state index < -0.39 is 24.0 Å². The summed E-state index contributed by atoms with van der Waals surface area (Å²) < 4.78 is 9.51. The molecule has 0 bridgehead atoms. The number of esters is 2. The number of hydrogen-bond donors (Lipinski definition) is 5. The molecule has 2 atom stereocenters. The third-order valence-electron chi connectivity index (χ3n) is 6.82. The van der Waals surface area contributed by atoms with Crippen LogP contribution in [-0.2, 0) is 49.5 Å². The van der Waals surface area contributed by atoms with Gasteiger partial charge in [-0.3, -0.25) is 24.0 Å². The average molecular weight is 744 g/mol. The number of thioether (sulfide) groups is 2. The van der Waals surface area contributed by atoms with E-state index >= 15 is 0 Å². The number of amides is 5. The standard InChI is InChI=1S/C32H49N5O9S3/c1-22(2)30(32(44)46-4)36-28(41)21-49-19-26(39)34-13-9-15-37(29(42)17-47)14-8-12-33-25(38)18-48-20-27(40)35-24(31(43)45-3)16-23-10-6-5-7-11-23/h5-7,10-11,22,24,30,47H,8-9,12-21H2,1-4H3,(H,33,38)(H,34,39)(H,35,40)(H,36,41)/t24-,30-/m0/s1. The zero-order valence-corrected chi connectivity index (χ0v) is 31.0. The topological polar surface area (TPSA) is 189 Å². The molecule has 1 aromatic carbocycles. The molecule has 17 heteroatoms. The lowest BCUT2D eigenvalue weighted by Gasteiger charge is -2.22. The van der Waals surface area contributed by atoms with Crippen molar-refractivity contribution in [2.24, 2.45) is 5.92 Å². The summed E-state index contributed by atoms with van der Waals surface area (Å²) in [5.74, 6) is -2.56. The van der Waals surface area contributed by atoms with Gasteiger partial charge in [0.2, 0.25) is 29.5 Å². The summed E-state index contributed by atoms with van der Waals surface area (Å²) in [5, 5.41) is 10.8. The molecule has 14 nitrogen and oxygen atoms in total. The van der Waals surface area contributed by atoms with Crippen LogP contribution in [0.1, 0.15) is 32.3 Å². The van der Waals surface area contributed by atoms with Gasteiger partial charge < -0.3 is 35.6 Å². The number of ether oxygens (including phenoxy) is 2. The molecule has 0 aliphatic heterocycles. The van der Waals surface area contributed by atoms with Crippen LogP contribution in [0.3, 0.4) is 0 Å². The van der Waals surface area contributed by atoms with Gasteiger partial charge in [0.1, 0.15) is 12.1 Å². The Morgan fingerprint density at radius 3 is 1.69 bits per heavy atom. The monoisotopic (exact) mass is 743 g/mol. The number of carbonyl (C=O) groups is 7. The normalized spacial score (nSPS) is 11.9. The minimum absolute atomic E-state index is 0.00900. The fourth-order valence-corrected chi connectivity index (χ4v) is 5.81. The van der Waals surface area contributed by atoms with Crippen molar-refractivity contribution in [3.8, 4) is 0 Å². The first-order chi connectivity index (χ1) is 23.4. The van der Waals surface area contributed by atoms with Crippen molar-refractivity contribution in [1.82, 2.24) is 26.2 Å². The maximum absolute atomic E-state index is 12.4. The van der Waals surface area contributed by atoms with Gasteiger partial charge in [-0.2, -0.15) is 12.6 Å². The van der Waals surface area contributed by atoms with Gasteiger partial charge in [-0.25, -0.2) is 9.59 Å². The van der Waals surface area contributed by atoms with Crippen molar-refractivity contribution < 1.29 is 43.0 Å². The van der Waals surface area contributed by atoms with E-state index in [1.807, 2.05) is 30.3 Å². The maximum Gasteiger partial charge on any atom is 0.328 e. The molecular weight excluding hydrogens is 695 g/mol. The minimum Gasteiger partial charge on any atom is -0.467 e. The number of carbonyl (C=O) groups excluding carboxylic acids is 7. The van der Waals surface area contributed by atoms with Crippen molar-refractivity contribution in [3.05, 3.63) is 35.9 Å². The first-order valence-electron chi connectivity index (χ1n) is 15.8. The molecule has 5 amide bonds. The van der Waals surface area contributed by atoms with E-state index in [4.69, 9.17) is 9.47 Å². The van der Waals surface area contributed by atoms with Gasteiger partial charge in [0.25, 0.3) is 0 Å². The summed E-state index contributed by atoms with van der Waals surface area (Å²) >= 11 is 6.31. The molecule has 1 rings (SSSR count). The summed E-state index contributed by atoms with van der Waals surface area (Å²) in [7, 11) is 2.51. The van der Waals surface area contributed by atoms with Gasteiger partial charge >= 0.3 is 11.9 Å². The van der Waals surface area contributed by atoms with Gasteiger partial charge in [0.05, 0.1) is 43.0 Å². The Morgan fingerprint density at radius 1 is 0.735 bits per heavy atom. The summed E-state index contributed by atoms with van der Waals surface area (Å²) in [6.07, 6.45) is 1.28. The summed E-state index contributed by atoms with van der Waals surface area (Å²) in [6.45, 7) is 4.99. The molecule has 0 aromatic heterocycles. The highest BCUT2D eigenvalue weighted by Crippen LogP contribution is 2.07. The van der Waals surface area contributed by atoms with Crippen molar-refractivity contribution in [2.75, 3.05) is 69.2 Å². The molecule has 0 saturated heterocycles. The highest BCUT2D eigenvalue weighted by molar-refractivity contribution is 8.00. The van der Waals surface area contributed by atoms with Gasteiger partial charge in [-0.15, -0.1) is 23.5 Å². The Hall–Kier alpha value is -3.44. The number of methoxy groups -OCH3 is 2. The van der Waals surface area contributed by atoms with Crippen molar-refractivity contribution in [1.29, 1.82) is 0 Å². The average Bonchev–Trinajstić information content (AvgIpc) is 3.08. The van der Waals surface area contributed by atoms with Gasteiger partial charge in [0, 0.05) is 32.6 Å². The number of rotatable bonds is 24. The van der Waals surface area contributed by atoms with E-state index in [2.05, 4.69) is 33.9 Å². The third kappa shape index (κ3) is 19.4. The molecule has 0 unspecified atom stereocenters. The summed E-state index contributed by atoms with van der Waals surface area (Å²) in [4.78, 5) is 86.8. The molecule has 4 N–H and O–H groups in total. The predicted molar refractivity (Wildman–Crippen MR) is 193 cm³/mol. The highest BCUT2D eigenvalue weighted by Gasteiger charge is 2.25. The molecule has 0 fully saturated rings. The van der Waals surface area contributed by atoms with E-state index in [1.54, 1.807) is 18.7 Å². The Balaban J connectivity index is 2.28. The van der Waals surface area contributed by atoms with E-state index in [9.17, 15) is 33.6 Å². The van der Waals surface area contributed by atoms with Crippen molar-refractivity contribution in [3.63, 3.8) is 0 Å². The summed E-state index contributed by atoms with van der Waals surface area (Å²) in [5.41, 5.74) is 0.872. The third-order valence-corrected chi connectivity index (χ3v) is 8.95. The van der Waals surface area contributed by atoms with Crippen LogP contribution in [-0.4, -0.2) is 128 Å². The SMILES string of the molecule is COC(=O)[C@H](Cc1ccccc1)NC(=O)CSCC(=O)NCCCN(CCCNC(=O)CSCC(=O)N[C@H](C(=O)OC)C(C)C)C(=O)CS. The zero-order chi connectivity index (χ0) is 36.6. The molecule has 0 saturated carbocycles. The van der Waals surface area contributed by atoms with Crippen LogP contribution in [0.2, 0.25) is 0 Å². The fourth-order valence-electron chi connectivity index (χ4n) is 4.29. The lowest BCUT2D eigenvalue weighted by Crippen LogP contribution is -2.45. The molecule has 0 spiro atoms. The van der Waals surface area contributed by atoms with Crippen LogP contribution in [0.15, 0.2) is 30.3 Å². The Bertz CT molecular complexity index is 1220. The molecule has 274 valence electrons. The molecule has 1 aromatic rings. The van der Waals surface area contributed by atoms with Gasteiger partial charge in [-0.1, -0.05) is 44.2 Å². The second kappa shape index (κ2) is 25.5. The maximum atomic E-state index is 12.4. The number of nitrogens with one attached hydrogen (secondary N) is 4. The van der Waals surface area contributed by atoms with Crippen molar-refractivity contribution in [2.45, 2.75) is 45.2 Å². The molecule has 0 aliphatic carbocycles. The second-order valence-corrected chi connectivity index (χ2v) is 13.4. The van der Waals surface area contributed by atoms with Crippen LogP contribution in [0.4, 0.5) is 0 Å². The number of nitrogens with zero attached hydrogens (tertiary/aromatic N) is 1. The largest absolute Gasteiger partial charge is 0.467 e. The number of thiol groups is 1. The van der Waals surface area contributed by atoms with Crippen LogP contribution >= 0.6 is 36.2 Å². The Labute approximate surface area is 302 Å². The molecule has 0 heterocycles. The van der Waals surface area contributed by atoms with Crippen LogP contribution in [0.5, 0.6) is 0 Å². The first-order valence-corrected chi connectivity index (χ1v) is 18.7. The van der Waals surface area contributed by atoms with E-state index in [0.717, 1.165) is 29.1 Å². The van der Waals surface area contributed by atoms with Crippen LogP contribution in [0.25, 0.3) is 0 Å². The highest BCUT2D eigenvalue weighted by atomic mass is 32.2. The molecular formula is C32H49N5O9S3. The minimum atomic E-state index is -0.836. The first kappa shape index (κ1) is 43.6. The van der Waals surface area contributed by atoms with Gasteiger partial charge in [0.15, 0.2) is 0 Å². The zero-order valence-electron chi connectivity index (χ0n) is 28.5. The Kier molecular flexibility index (Phi) is 22.7.